The first kappa shape index (κ1) is 24.0. The van der Waals surface area contributed by atoms with Crippen molar-refractivity contribution < 1.29 is 24.2 Å². The Kier molecular flexibility index (Phi) is 9.62. The molecule has 0 spiro atoms. The topological polar surface area (TPSA) is 76.1 Å². The van der Waals surface area contributed by atoms with Crippen LogP contribution in [0.15, 0.2) is 54.6 Å². The van der Waals surface area contributed by atoms with E-state index in [0.29, 0.717) is 31.2 Å². The van der Waals surface area contributed by atoms with Gasteiger partial charge in [-0.1, -0.05) is 36.4 Å². The van der Waals surface area contributed by atoms with Crippen LogP contribution < -0.4 is 9.47 Å². The molecule has 31 heavy (non-hydrogen) atoms. The van der Waals surface area contributed by atoms with Crippen molar-refractivity contribution in [3.63, 3.8) is 0 Å². The summed E-state index contributed by atoms with van der Waals surface area (Å²) < 4.78 is 11.6. The van der Waals surface area contributed by atoms with Gasteiger partial charge >= 0.3 is 5.97 Å². The van der Waals surface area contributed by atoms with Gasteiger partial charge in [-0.3, -0.25) is 9.59 Å². The summed E-state index contributed by atoms with van der Waals surface area (Å²) in [7, 11) is 0. The Bertz CT molecular complexity index is 888. The van der Waals surface area contributed by atoms with Gasteiger partial charge in [-0.15, -0.1) is 0 Å². The molecule has 2 aromatic carbocycles. The lowest BCUT2D eigenvalue weighted by atomic mass is 10.1. The summed E-state index contributed by atoms with van der Waals surface area (Å²) >= 11 is 0. The fraction of sp³-hybridized carbons (Fsp3) is 0.360. The highest BCUT2D eigenvalue weighted by molar-refractivity contribution is 5.95. The van der Waals surface area contributed by atoms with Gasteiger partial charge in [0.2, 0.25) is 5.91 Å². The lowest BCUT2D eigenvalue weighted by Crippen LogP contribution is -2.28. The van der Waals surface area contributed by atoms with Crippen LogP contribution in [0.2, 0.25) is 0 Å². The molecule has 6 nitrogen and oxygen atoms in total. The van der Waals surface area contributed by atoms with Gasteiger partial charge < -0.3 is 19.5 Å². The molecule has 0 atom stereocenters. The highest BCUT2D eigenvalue weighted by Crippen LogP contribution is 2.31. The van der Waals surface area contributed by atoms with Crippen LogP contribution in [0.4, 0.5) is 0 Å². The van der Waals surface area contributed by atoms with Crippen LogP contribution in [-0.2, 0) is 16.0 Å². The van der Waals surface area contributed by atoms with Crippen LogP contribution in [0.5, 0.6) is 11.5 Å². The Labute approximate surface area is 184 Å². The number of hydrogen-bond acceptors (Lipinski definition) is 4. The largest absolute Gasteiger partial charge is 0.489 e. The van der Waals surface area contributed by atoms with E-state index in [9.17, 15) is 9.59 Å². The summed E-state index contributed by atoms with van der Waals surface area (Å²) in [5.74, 6) is 0.0467. The third kappa shape index (κ3) is 7.81. The molecule has 0 aromatic heterocycles. The minimum absolute atomic E-state index is 0.0367. The van der Waals surface area contributed by atoms with Gasteiger partial charge in [-0.25, -0.2) is 0 Å². The van der Waals surface area contributed by atoms with Gasteiger partial charge in [-0.05, 0) is 49.6 Å². The molecule has 166 valence electrons. The van der Waals surface area contributed by atoms with E-state index >= 15 is 0 Å². The monoisotopic (exact) mass is 425 g/mol. The van der Waals surface area contributed by atoms with Crippen molar-refractivity contribution in [1.29, 1.82) is 0 Å². The summed E-state index contributed by atoms with van der Waals surface area (Å²) in [6, 6.07) is 15.5. The number of nitrogens with zero attached hydrogens (tertiary/aromatic N) is 1. The Balaban J connectivity index is 2.16. The smallest absolute Gasteiger partial charge is 0.306 e. The van der Waals surface area contributed by atoms with Gasteiger partial charge in [0.05, 0.1) is 19.6 Å². The zero-order chi connectivity index (χ0) is 22.6. The predicted octanol–water partition coefficient (Wildman–Crippen LogP) is 4.43. The molecule has 0 radical (unpaired) electrons. The number of aliphatic carboxylic acids is 1. The number of carbonyl (C=O) groups is 2. The van der Waals surface area contributed by atoms with Crippen molar-refractivity contribution in [2.75, 3.05) is 26.3 Å². The highest BCUT2D eigenvalue weighted by Gasteiger charge is 2.12. The van der Waals surface area contributed by atoms with Crippen molar-refractivity contribution in [2.45, 2.75) is 33.6 Å². The highest BCUT2D eigenvalue weighted by atomic mass is 16.5. The lowest BCUT2D eigenvalue weighted by Gasteiger charge is -2.17. The Hall–Kier alpha value is -3.28. The number of amides is 1. The summed E-state index contributed by atoms with van der Waals surface area (Å²) in [5, 5.41) is 8.91. The van der Waals surface area contributed by atoms with Crippen LogP contribution in [0, 0.1) is 0 Å². The molecule has 1 amide bonds. The number of carboxylic acids is 1. The number of carboxylic acid groups (broad SMARTS) is 1. The van der Waals surface area contributed by atoms with Gasteiger partial charge in [0.25, 0.3) is 0 Å². The van der Waals surface area contributed by atoms with Crippen LogP contribution in [0.1, 0.15) is 38.3 Å². The van der Waals surface area contributed by atoms with Crippen molar-refractivity contribution in [2.24, 2.45) is 0 Å². The van der Waals surface area contributed by atoms with E-state index in [4.69, 9.17) is 14.6 Å². The number of benzene rings is 2. The number of hydrogen-bond donors (Lipinski definition) is 1. The second kappa shape index (κ2) is 12.4. The maximum Gasteiger partial charge on any atom is 0.306 e. The second-order valence-electron chi connectivity index (χ2n) is 7.08. The van der Waals surface area contributed by atoms with Crippen LogP contribution >= 0.6 is 0 Å². The molecule has 0 bridgehead atoms. The number of allylic oxidation sites excluding steroid dienone is 1. The third-order valence-electron chi connectivity index (χ3n) is 4.88. The van der Waals surface area contributed by atoms with Crippen molar-refractivity contribution in [3.8, 4) is 11.5 Å². The predicted molar refractivity (Wildman–Crippen MR) is 121 cm³/mol. The Morgan fingerprint density at radius 1 is 0.968 bits per heavy atom. The molecule has 2 rings (SSSR count). The quantitative estimate of drug-likeness (QED) is 0.509. The van der Waals surface area contributed by atoms with Crippen molar-refractivity contribution in [1.82, 2.24) is 4.90 Å². The average molecular weight is 426 g/mol. The van der Waals surface area contributed by atoms with Crippen LogP contribution in [0.25, 0.3) is 5.57 Å². The summed E-state index contributed by atoms with van der Waals surface area (Å²) in [6.07, 6.45) is 2.25. The first-order valence-electron chi connectivity index (χ1n) is 10.6. The minimum Gasteiger partial charge on any atom is -0.489 e. The van der Waals surface area contributed by atoms with Crippen LogP contribution in [0.3, 0.4) is 0 Å². The molecular weight excluding hydrogens is 394 g/mol. The molecule has 0 aliphatic carbocycles. The third-order valence-corrected chi connectivity index (χ3v) is 4.88. The molecule has 0 aliphatic rings. The molecule has 0 fully saturated rings. The fourth-order valence-electron chi connectivity index (χ4n) is 3.05. The lowest BCUT2D eigenvalue weighted by molar-refractivity contribution is -0.137. The molecule has 6 heteroatoms. The van der Waals surface area contributed by atoms with E-state index in [0.717, 1.165) is 17.6 Å². The van der Waals surface area contributed by atoms with E-state index in [1.165, 1.54) is 5.56 Å². The first-order valence-corrected chi connectivity index (χ1v) is 10.6. The molecular formula is C25H31NO5. The fourth-order valence-corrected chi connectivity index (χ4v) is 3.05. The number of likely N-dealkylation sites (N-methyl/N-ethyl adjacent to an activating group) is 1. The standard InChI is InChI=1S/C25H31NO5/c1-4-26(5-2)24(27)17-19(3)21-11-12-22(23(18-21)31-16-14-25(28)29)30-15-13-20-9-7-6-8-10-20/h6-12,17-18H,4-5,13-16H2,1-3H3,(H,28,29)/b19-17+. The molecule has 0 aliphatic heterocycles. The zero-order valence-electron chi connectivity index (χ0n) is 18.5. The van der Waals surface area contributed by atoms with E-state index < -0.39 is 5.97 Å². The number of ether oxygens (including phenoxy) is 2. The molecule has 0 unspecified atom stereocenters. The molecule has 2 aromatic rings. The summed E-state index contributed by atoms with van der Waals surface area (Å²) in [6.45, 7) is 7.56. The Morgan fingerprint density at radius 3 is 2.29 bits per heavy atom. The first-order chi connectivity index (χ1) is 14.9. The minimum atomic E-state index is -0.927. The van der Waals surface area contributed by atoms with E-state index in [-0.39, 0.29) is 18.9 Å². The number of rotatable bonds is 12. The van der Waals surface area contributed by atoms with Gasteiger partial charge in [0.1, 0.15) is 0 Å². The number of carbonyl (C=O) groups excluding carboxylic acids is 1. The van der Waals surface area contributed by atoms with Crippen molar-refractivity contribution in [3.05, 3.63) is 65.7 Å². The summed E-state index contributed by atoms with van der Waals surface area (Å²) in [4.78, 5) is 25.0. The van der Waals surface area contributed by atoms with Crippen LogP contribution in [-0.4, -0.2) is 48.2 Å². The van der Waals surface area contributed by atoms with E-state index in [1.54, 1.807) is 23.1 Å². The van der Waals surface area contributed by atoms with E-state index in [2.05, 4.69) is 0 Å². The Morgan fingerprint density at radius 2 is 1.65 bits per heavy atom. The average Bonchev–Trinajstić information content (AvgIpc) is 2.76. The maximum absolute atomic E-state index is 12.4. The molecule has 1 N–H and O–H groups in total. The van der Waals surface area contributed by atoms with Gasteiger partial charge in [0.15, 0.2) is 11.5 Å². The van der Waals surface area contributed by atoms with Gasteiger partial charge in [0, 0.05) is 25.6 Å². The second-order valence-corrected chi connectivity index (χ2v) is 7.08. The van der Waals surface area contributed by atoms with E-state index in [1.807, 2.05) is 57.2 Å². The molecule has 0 saturated heterocycles. The molecule has 0 heterocycles. The zero-order valence-corrected chi connectivity index (χ0v) is 18.5. The van der Waals surface area contributed by atoms with Crippen molar-refractivity contribution >= 4 is 17.4 Å². The molecule has 0 saturated carbocycles. The summed E-state index contributed by atoms with van der Waals surface area (Å²) in [5.41, 5.74) is 2.79. The maximum atomic E-state index is 12.4. The SMILES string of the molecule is CCN(CC)C(=O)/C=C(\C)c1ccc(OCCc2ccccc2)c(OCCC(=O)O)c1. The normalized spacial score (nSPS) is 11.1. The van der Waals surface area contributed by atoms with Gasteiger partial charge in [-0.2, -0.15) is 0 Å².